The topological polar surface area (TPSA) is 166 Å². The van der Waals surface area contributed by atoms with Gasteiger partial charge in [-0.1, -0.05) is 28.3 Å². The van der Waals surface area contributed by atoms with Gasteiger partial charge in [0, 0.05) is 9.88 Å². The SMILES string of the molecule is CON1ON(OC)O[N+](N)(N)O[N+](N)(N)O1. The predicted molar refractivity (Wildman–Crippen MR) is 39.3 cm³/mol. The van der Waals surface area contributed by atoms with Gasteiger partial charge in [0.25, 0.3) is 0 Å². The molecule has 0 unspecified atom stereocenters. The Labute approximate surface area is 89.0 Å². The molecule has 0 spiro atoms. The fourth-order valence-corrected chi connectivity index (χ4v) is 0.655. The highest BCUT2D eigenvalue weighted by Crippen LogP contribution is 2.12. The Kier molecular flexibility index (Phi) is 4.01. The van der Waals surface area contributed by atoms with E-state index in [9.17, 15) is 0 Å². The van der Waals surface area contributed by atoms with Crippen molar-refractivity contribution in [2.45, 2.75) is 0 Å². The summed E-state index contributed by atoms with van der Waals surface area (Å²) in [5, 5.41) is -2.58. The highest BCUT2D eigenvalue weighted by atomic mass is 17.5. The molecule has 1 saturated heterocycles. The molecule has 0 bridgehead atoms. The normalized spacial score (nSPS) is 27.4. The smallest absolute Gasteiger partial charge is 0.189 e. The zero-order valence-electron chi connectivity index (χ0n) is 8.55. The molecule has 1 heterocycles. The summed E-state index contributed by atoms with van der Waals surface area (Å²) in [5.74, 6) is 20.9. The van der Waals surface area contributed by atoms with Crippen molar-refractivity contribution in [1.29, 1.82) is 0 Å². The fraction of sp³-hybridized carbons (Fsp3) is 1.00. The first-order chi connectivity index (χ1) is 7.28. The van der Waals surface area contributed by atoms with Gasteiger partial charge in [-0.05, 0) is 0 Å². The molecule has 1 rings (SSSR count). The van der Waals surface area contributed by atoms with Crippen LogP contribution in [-0.2, 0) is 29.4 Å². The maximum Gasteiger partial charge on any atom is 0.189 e. The van der Waals surface area contributed by atoms with E-state index in [2.05, 4.69) is 29.4 Å². The highest BCUT2D eigenvalue weighted by Gasteiger charge is 2.49. The van der Waals surface area contributed by atoms with E-state index in [1.165, 1.54) is 14.2 Å². The van der Waals surface area contributed by atoms with E-state index >= 15 is 0 Å². The predicted octanol–water partition coefficient (Wildman–Crippen LogP) is -3.76. The van der Waals surface area contributed by atoms with Gasteiger partial charge in [-0.15, -0.1) is 0 Å². The minimum atomic E-state index is -1.60. The van der Waals surface area contributed by atoms with E-state index in [1.807, 2.05) is 0 Å². The summed E-state index contributed by atoms with van der Waals surface area (Å²) in [6, 6.07) is 0. The molecule has 1 aliphatic heterocycles. The van der Waals surface area contributed by atoms with Crippen molar-refractivity contribution in [3.8, 4) is 0 Å². The summed E-state index contributed by atoms with van der Waals surface area (Å²) in [7, 11) is 2.34. The van der Waals surface area contributed by atoms with Crippen LogP contribution in [0.1, 0.15) is 0 Å². The molecule has 0 aromatic rings. The first-order valence-corrected chi connectivity index (χ1v) is 3.68. The standard InChI is InChI=1S/C2H14N8O6/c1-11-7-13-8(12-2)15-10(5,6)16-9(3,4)14-7/h3-6H2,1-2H3/q+2. The lowest BCUT2D eigenvalue weighted by Gasteiger charge is -2.30. The van der Waals surface area contributed by atoms with Crippen LogP contribution in [-0.4, -0.2) is 35.1 Å². The Hall–Kier alpha value is -0.560. The van der Waals surface area contributed by atoms with E-state index in [0.717, 1.165) is 0 Å². The van der Waals surface area contributed by atoms with E-state index in [-0.39, 0.29) is 0 Å². The molecule has 0 radical (unpaired) electrons. The van der Waals surface area contributed by atoms with Crippen LogP contribution in [0.5, 0.6) is 0 Å². The number of nitrogens with two attached hydrogens (primary N) is 4. The van der Waals surface area contributed by atoms with Crippen LogP contribution >= 0.6 is 0 Å². The summed E-state index contributed by atoms with van der Waals surface area (Å²) in [6.07, 6.45) is 0. The Morgan fingerprint density at radius 3 is 1.56 bits per heavy atom. The zero-order valence-corrected chi connectivity index (χ0v) is 8.55. The Morgan fingerprint density at radius 1 is 0.875 bits per heavy atom. The van der Waals surface area contributed by atoms with Crippen molar-refractivity contribution in [2.75, 3.05) is 14.2 Å². The fourth-order valence-electron chi connectivity index (χ4n) is 0.655. The molecule has 8 N–H and O–H groups in total. The Bertz CT molecular complexity index is 213. The molecular formula is C2H14N8O6+2. The third-order valence-electron chi connectivity index (χ3n) is 1.08. The van der Waals surface area contributed by atoms with Crippen LogP contribution in [0.3, 0.4) is 0 Å². The van der Waals surface area contributed by atoms with E-state index in [4.69, 9.17) is 23.4 Å². The third-order valence-corrected chi connectivity index (χ3v) is 1.08. The van der Waals surface area contributed by atoms with Crippen molar-refractivity contribution < 1.29 is 39.5 Å². The molecule has 0 saturated carbocycles. The molecule has 0 aromatic carbocycles. The van der Waals surface area contributed by atoms with Gasteiger partial charge in [0.05, 0.1) is 14.2 Å². The van der Waals surface area contributed by atoms with Gasteiger partial charge in [0.15, 0.2) is 25.8 Å². The van der Waals surface area contributed by atoms with E-state index in [1.54, 1.807) is 0 Å². The first-order valence-electron chi connectivity index (χ1n) is 3.68. The molecule has 16 heavy (non-hydrogen) atoms. The number of nitrogens with zero attached hydrogens (tertiary/aromatic N) is 4. The second-order valence-corrected chi connectivity index (χ2v) is 2.43. The lowest BCUT2D eigenvalue weighted by Crippen LogP contribution is -2.76. The average molecular weight is 246 g/mol. The number of hydrogen-bond donors (Lipinski definition) is 4. The largest absolute Gasteiger partial charge is 0.248 e. The summed E-state index contributed by atoms with van der Waals surface area (Å²) in [6.45, 7) is 0. The van der Waals surface area contributed by atoms with Crippen LogP contribution in [0.15, 0.2) is 0 Å². The van der Waals surface area contributed by atoms with Crippen molar-refractivity contribution in [3.63, 3.8) is 0 Å². The van der Waals surface area contributed by atoms with Crippen LogP contribution < -0.4 is 23.4 Å². The van der Waals surface area contributed by atoms with Crippen molar-refractivity contribution in [1.82, 2.24) is 10.8 Å². The maximum absolute atomic E-state index is 5.23. The second-order valence-electron chi connectivity index (χ2n) is 2.43. The molecule has 1 aliphatic rings. The molecule has 14 nitrogen and oxygen atoms in total. The number of rotatable bonds is 2. The minimum Gasteiger partial charge on any atom is -0.248 e. The molecule has 0 aliphatic carbocycles. The maximum atomic E-state index is 5.23. The number of quaternary nitrogens is 2. The monoisotopic (exact) mass is 246 g/mol. The van der Waals surface area contributed by atoms with Gasteiger partial charge in [0.2, 0.25) is 0 Å². The average Bonchev–Trinajstić information content (AvgIpc) is 2.10. The van der Waals surface area contributed by atoms with Gasteiger partial charge >= 0.3 is 0 Å². The van der Waals surface area contributed by atoms with Gasteiger partial charge in [-0.2, -0.15) is 0 Å². The van der Waals surface area contributed by atoms with Crippen molar-refractivity contribution in [2.24, 2.45) is 23.4 Å². The molecule has 96 valence electrons. The number of hydrogen-bond acceptors (Lipinski definition) is 12. The summed E-state index contributed by atoms with van der Waals surface area (Å²) >= 11 is 0. The minimum absolute atomic E-state index is 0.308. The molecule has 0 atom stereocenters. The van der Waals surface area contributed by atoms with E-state index < -0.39 is 10.1 Å². The second kappa shape index (κ2) is 4.75. The summed E-state index contributed by atoms with van der Waals surface area (Å²) in [4.78, 5) is 27.3. The quantitative estimate of drug-likeness (QED) is 0.278. The third kappa shape index (κ3) is 3.79. The molecule has 1 fully saturated rings. The van der Waals surface area contributed by atoms with Crippen molar-refractivity contribution >= 4 is 0 Å². The summed E-state index contributed by atoms with van der Waals surface area (Å²) < 4.78 is 0. The summed E-state index contributed by atoms with van der Waals surface area (Å²) in [5.41, 5.74) is 0. The van der Waals surface area contributed by atoms with Crippen LogP contribution in [0.4, 0.5) is 0 Å². The van der Waals surface area contributed by atoms with Crippen LogP contribution in [0.2, 0.25) is 0 Å². The Balaban J connectivity index is 2.78. The van der Waals surface area contributed by atoms with Gasteiger partial charge in [-0.3, -0.25) is 0 Å². The highest BCUT2D eigenvalue weighted by molar-refractivity contribution is 3.74. The van der Waals surface area contributed by atoms with E-state index in [0.29, 0.717) is 10.8 Å². The van der Waals surface area contributed by atoms with Crippen molar-refractivity contribution in [3.05, 3.63) is 0 Å². The van der Waals surface area contributed by atoms with Crippen LogP contribution in [0.25, 0.3) is 0 Å². The van der Waals surface area contributed by atoms with Gasteiger partial charge in [0.1, 0.15) is 0 Å². The molecule has 0 aromatic heterocycles. The lowest BCUT2D eigenvalue weighted by molar-refractivity contribution is -1.51. The van der Waals surface area contributed by atoms with Gasteiger partial charge in [-0.25, -0.2) is 9.68 Å². The lowest BCUT2D eigenvalue weighted by atomic mass is 11.7. The van der Waals surface area contributed by atoms with Gasteiger partial charge < -0.3 is 0 Å². The van der Waals surface area contributed by atoms with Crippen LogP contribution in [0, 0.1) is 0 Å². The Morgan fingerprint density at radius 2 is 1.25 bits per heavy atom. The molecule has 14 heteroatoms. The first kappa shape index (κ1) is 13.5. The zero-order chi connectivity index (χ0) is 12.4. The molecule has 0 amide bonds. The molecular weight excluding hydrogens is 232 g/mol.